The molecule has 0 saturated heterocycles. The van der Waals surface area contributed by atoms with Gasteiger partial charge in [-0.2, -0.15) is 0 Å². The van der Waals surface area contributed by atoms with E-state index in [1.807, 2.05) is 48.5 Å². The van der Waals surface area contributed by atoms with E-state index in [4.69, 9.17) is 28.6 Å². The van der Waals surface area contributed by atoms with E-state index in [1.165, 1.54) is 11.1 Å². The average molecular weight is 396 g/mol. The third kappa shape index (κ3) is 5.56. The summed E-state index contributed by atoms with van der Waals surface area (Å²) in [4.78, 5) is 0.682. The molecule has 0 saturated carbocycles. The molecule has 0 aromatic heterocycles. The molecule has 0 fully saturated rings. The van der Waals surface area contributed by atoms with Gasteiger partial charge in [-0.05, 0) is 47.4 Å². The van der Waals surface area contributed by atoms with Crippen LogP contribution in [0, 0.1) is 0 Å². The van der Waals surface area contributed by atoms with Gasteiger partial charge in [0.2, 0.25) is 0 Å². The molecule has 27 heavy (non-hydrogen) atoms. The fourth-order valence-corrected chi connectivity index (χ4v) is 3.06. The number of hydrogen-bond donors (Lipinski definition) is 1. The quantitative estimate of drug-likeness (QED) is 0.499. The fourth-order valence-electron chi connectivity index (χ4n) is 2.69. The van der Waals surface area contributed by atoms with Gasteiger partial charge in [-0.3, -0.25) is 0 Å². The number of benzene rings is 3. The van der Waals surface area contributed by atoms with Crippen molar-refractivity contribution in [2.45, 2.75) is 26.5 Å². The van der Waals surface area contributed by atoms with Crippen LogP contribution in [0.1, 0.15) is 29.2 Å². The van der Waals surface area contributed by atoms with Crippen molar-refractivity contribution >= 4 is 28.8 Å². The highest BCUT2D eigenvalue weighted by Gasteiger charge is 2.09. The molecule has 0 heterocycles. The first-order chi connectivity index (χ1) is 13.2. The highest BCUT2D eigenvalue weighted by Crippen LogP contribution is 2.20. The molecule has 3 aromatic rings. The summed E-state index contributed by atoms with van der Waals surface area (Å²) in [5.41, 5.74) is 4.49. The maximum atomic E-state index is 6.00. The van der Waals surface area contributed by atoms with Crippen molar-refractivity contribution in [3.63, 3.8) is 0 Å². The highest BCUT2D eigenvalue weighted by atomic mass is 35.5. The fraction of sp³-hybridized carbons (Fsp3) is 0.174. The van der Waals surface area contributed by atoms with E-state index >= 15 is 0 Å². The van der Waals surface area contributed by atoms with Crippen molar-refractivity contribution in [2.75, 3.05) is 0 Å². The first-order valence-electron chi connectivity index (χ1n) is 8.98. The van der Waals surface area contributed by atoms with Crippen LogP contribution in [0.2, 0.25) is 5.02 Å². The molecule has 3 rings (SSSR count). The van der Waals surface area contributed by atoms with Crippen molar-refractivity contribution in [2.24, 2.45) is 0 Å². The molecule has 4 heteroatoms. The van der Waals surface area contributed by atoms with Crippen LogP contribution in [0.4, 0.5) is 0 Å². The first-order valence-corrected chi connectivity index (χ1v) is 9.76. The summed E-state index contributed by atoms with van der Waals surface area (Å²) < 4.78 is 6.00. The molecule has 0 aliphatic rings. The molecule has 2 nitrogen and oxygen atoms in total. The number of para-hydroxylation sites is 1. The first kappa shape index (κ1) is 19.4. The Labute approximate surface area is 171 Å². The molecule has 0 unspecified atom stereocenters. The molecule has 0 radical (unpaired) electrons. The number of nitrogens with one attached hydrogen (secondary N) is 1. The van der Waals surface area contributed by atoms with Gasteiger partial charge >= 0.3 is 0 Å². The van der Waals surface area contributed by atoms with Crippen molar-refractivity contribution in [1.82, 2.24) is 5.32 Å². The Morgan fingerprint density at radius 3 is 2.22 bits per heavy atom. The summed E-state index contributed by atoms with van der Waals surface area (Å²) in [6.07, 6.45) is 1.05. The summed E-state index contributed by atoms with van der Waals surface area (Å²) in [6.45, 7) is 3.31. The summed E-state index contributed by atoms with van der Waals surface area (Å²) in [6, 6.07) is 24.1. The molecule has 3 aromatic carbocycles. The molecule has 0 aliphatic heterocycles. The standard InChI is InChI=1S/C23H22ClNOS/c1-2-17-7-9-18(10-8-17)15-25-23(27)21-5-3-4-6-22(21)26-16-19-11-13-20(24)14-12-19/h3-14H,2,15-16H2,1H3,(H,25,27). The lowest BCUT2D eigenvalue weighted by molar-refractivity contribution is 0.305. The van der Waals surface area contributed by atoms with Crippen LogP contribution in [0.15, 0.2) is 72.8 Å². The SMILES string of the molecule is CCc1ccc(CNC(=S)c2ccccc2OCc2ccc(Cl)cc2)cc1. The lowest BCUT2D eigenvalue weighted by Gasteiger charge is -2.14. The van der Waals surface area contributed by atoms with Gasteiger partial charge in [0.25, 0.3) is 0 Å². The molecule has 0 aliphatic carbocycles. The monoisotopic (exact) mass is 395 g/mol. The van der Waals surface area contributed by atoms with Crippen LogP contribution in [0.3, 0.4) is 0 Å². The van der Waals surface area contributed by atoms with Gasteiger partial charge in [0.05, 0.1) is 5.56 Å². The second kappa shape index (κ2) is 9.54. The number of thiocarbonyl (C=S) groups is 1. The van der Waals surface area contributed by atoms with Crippen molar-refractivity contribution in [3.8, 4) is 5.75 Å². The Kier molecular flexibility index (Phi) is 6.86. The van der Waals surface area contributed by atoms with E-state index in [-0.39, 0.29) is 0 Å². The van der Waals surface area contributed by atoms with E-state index < -0.39 is 0 Å². The molecular formula is C23H22ClNOS. The average Bonchev–Trinajstić information content (AvgIpc) is 2.72. The van der Waals surface area contributed by atoms with Crippen LogP contribution in [-0.4, -0.2) is 4.99 Å². The summed E-state index contributed by atoms with van der Waals surface area (Å²) in [5.74, 6) is 0.770. The van der Waals surface area contributed by atoms with Crippen molar-refractivity contribution < 1.29 is 4.74 Å². The van der Waals surface area contributed by atoms with Crippen LogP contribution < -0.4 is 10.1 Å². The Balaban J connectivity index is 1.63. The predicted molar refractivity (Wildman–Crippen MR) is 117 cm³/mol. The lowest BCUT2D eigenvalue weighted by Crippen LogP contribution is -2.22. The third-order valence-electron chi connectivity index (χ3n) is 4.32. The number of aryl methyl sites for hydroxylation is 1. The molecule has 0 atom stereocenters. The summed E-state index contributed by atoms with van der Waals surface area (Å²) in [5, 5.41) is 4.05. The van der Waals surface area contributed by atoms with E-state index in [1.54, 1.807) is 0 Å². The molecule has 0 bridgehead atoms. The Hall–Kier alpha value is -2.36. The van der Waals surface area contributed by atoms with Gasteiger partial charge in [-0.15, -0.1) is 0 Å². The van der Waals surface area contributed by atoms with Crippen molar-refractivity contribution in [1.29, 1.82) is 0 Å². The summed E-state index contributed by atoms with van der Waals surface area (Å²) >= 11 is 11.5. The van der Waals surface area contributed by atoms with Gasteiger partial charge in [0.1, 0.15) is 17.3 Å². The van der Waals surface area contributed by atoms with Crippen LogP contribution in [0.5, 0.6) is 5.75 Å². The molecule has 0 spiro atoms. The van der Waals surface area contributed by atoms with E-state index in [0.29, 0.717) is 18.1 Å². The largest absolute Gasteiger partial charge is 0.488 e. The number of ether oxygens (including phenoxy) is 1. The maximum absolute atomic E-state index is 6.00. The maximum Gasteiger partial charge on any atom is 0.129 e. The Bertz CT molecular complexity index is 891. The van der Waals surface area contributed by atoms with Gasteiger partial charge in [-0.25, -0.2) is 0 Å². The molecular weight excluding hydrogens is 374 g/mol. The van der Waals surface area contributed by atoms with E-state index in [9.17, 15) is 0 Å². The second-order valence-corrected chi connectivity index (χ2v) is 7.11. The minimum Gasteiger partial charge on any atom is -0.488 e. The zero-order chi connectivity index (χ0) is 19.1. The number of hydrogen-bond acceptors (Lipinski definition) is 2. The van der Waals surface area contributed by atoms with Crippen LogP contribution >= 0.6 is 23.8 Å². The topological polar surface area (TPSA) is 21.3 Å². The molecule has 1 N–H and O–H groups in total. The Morgan fingerprint density at radius 1 is 0.889 bits per heavy atom. The minimum atomic E-state index is 0.468. The highest BCUT2D eigenvalue weighted by molar-refractivity contribution is 7.80. The zero-order valence-corrected chi connectivity index (χ0v) is 16.8. The molecule has 138 valence electrons. The normalized spacial score (nSPS) is 10.4. The number of rotatable bonds is 7. The smallest absolute Gasteiger partial charge is 0.129 e. The van der Waals surface area contributed by atoms with Gasteiger partial charge in [0, 0.05) is 11.6 Å². The van der Waals surface area contributed by atoms with Crippen LogP contribution in [0.25, 0.3) is 0 Å². The molecule has 0 amide bonds. The Morgan fingerprint density at radius 2 is 1.52 bits per heavy atom. The second-order valence-electron chi connectivity index (χ2n) is 6.26. The van der Waals surface area contributed by atoms with Crippen molar-refractivity contribution in [3.05, 3.63) is 100 Å². The summed E-state index contributed by atoms with van der Waals surface area (Å²) in [7, 11) is 0. The minimum absolute atomic E-state index is 0.468. The predicted octanol–water partition coefficient (Wildman–Crippen LogP) is 5.95. The third-order valence-corrected chi connectivity index (χ3v) is 4.94. The van der Waals surface area contributed by atoms with Gasteiger partial charge in [-0.1, -0.05) is 79.3 Å². The van der Waals surface area contributed by atoms with Gasteiger partial charge in [0.15, 0.2) is 0 Å². The van der Waals surface area contributed by atoms with Crippen LogP contribution in [-0.2, 0) is 19.6 Å². The van der Waals surface area contributed by atoms with Gasteiger partial charge < -0.3 is 10.1 Å². The number of halogens is 1. The zero-order valence-electron chi connectivity index (χ0n) is 15.2. The van der Waals surface area contributed by atoms with E-state index in [0.717, 1.165) is 28.3 Å². The van der Waals surface area contributed by atoms with E-state index in [2.05, 4.69) is 36.5 Å². The lowest BCUT2D eigenvalue weighted by atomic mass is 10.1.